The van der Waals surface area contributed by atoms with Gasteiger partial charge in [0.2, 0.25) is 10.0 Å². The van der Waals surface area contributed by atoms with Gasteiger partial charge in [-0.3, -0.25) is 4.79 Å². The van der Waals surface area contributed by atoms with Crippen molar-refractivity contribution >= 4 is 27.3 Å². The smallest absolute Gasteiger partial charge is 0.309 e. The van der Waals surface area contributed by atoms with Gasteiger partial charge in [-0.2, -0.15) is 4.31 Å². The lowest BCUT2D eigenvalue weighted by atomic mass is 9.98. The van der Waals surface area contributed by atoms with Crippen molar-refractivity contribution in [3.05, 3.63) is 47.5 Å². The minimum Gasteiger partial charge on any atom is -0.466 e. The molecule has 1 aromatic carbocycles. The molecule has 1 fully saturated rings. The minimum atomic E-state index is -3.67. The summed E-state index contributed by atoms with van der Waals surface area (Å²) in [6.45, 7) is 4.55. The molecular weight excluding hydrogens is 446 g/mol. The topological polar surface area (TPSA) is 81.5 Å². The molecule has 0 N–H and O–H groups in total. The molecule has 0 aliphatic carbocycles. The predicted molar refractivity (Wildman–Crippen MR) is 125 cm³/mol. The van der Waals surface area contributed by atoms with Crippen LogP contribution in [0.3, 0.4) is 0 Å². The number of thiazole rings is 1. The highest BCUT2D eigenvalue weighted by Crippen LogP contribution is 2.34. The number of benzene rings is 1. The summed E-state index contributed by atoms with van der Waals surface area (Å²) in [5, 5.41) is 2.76. The van der Waals surface area contributed by atoms with Gasteiger partial charge in [0.05, 0.1) is 23.9 Å². The molecule has 0 saturated carbocycles. The summed E-state index contributed by atoms with van der Waals surface area (Å²) < 4.78 is 35.3. The van der Waals surface area contributed by atoms with E-state index in [2.05, 4.69) is 0 Å². The standard InChI is InChI=1S/C23H27N3O4S2/c1-4-30-23(27)18-10-12-26(13-11-18)32(28,29)21-14-20(25(3)16(21)2)22-24-19(15-31-22)17-8-6-5-7-9-17/h5-9,14-15,18H,4,10-13H2,1-3H3. The number of aromatic nitrogens is 2. The number of carbonyl (C=O) groups excluding carboxylic acids is 1. The van der Waals surface area contributed by atoms with Crippen LogP contribution in [0.1, 0.15) is 25.5 Å². The average molecular weight is 474 g/mol. The van der Waals surface area contributed by atoms with E-state index in [0.717, 1.165) is 22.0 Å². The van der Waals surface area contributed by atoms with Crippen LogP contribution in [0.15, 0.2) is 46.7 Å². The molecule has 170 valence electrons. The Morgan fingerprint density at radius 3 is 2.56 bits per heavy atom. The third kappa shape index (κ3) is 4.24. The van der Waals surface area contributed by atoms with Gasteiger partial charge >= 0.3 is 5.97 Å². The van der Waals surface area contributed by atoms with Gasteiger partial charge in [-0.1, -0.05) is 30.3 Å². The van der Waals surface area contributed by atoms with Gasteiger partial charge in [0.25, 0.3) is 0 Å². The second kappa shape index (κ2) is 9.17. The number of nitrogens with zero attached hydrogens (tertiary/aromatic N) is 3. The van der Waals surface area contributed by atoms with E-state index in [0.29, 0.717) is 43.1 Å². The zero-order chi connectivity index (χ0) is 22.9. The average Bonchev–Trinajstić information content (AvgIpc) is 3.40. The van der Waals surface area contributed by atoms with E-state index in [4.69, 9.17) is 9.72 Å². The Bertz CT molecular complexity index is 1210. The third-order valence-electron chi connectivity index (χ3n) is 5.97. The molecule has 0 amide bonds. The monoisotopic (exact) mass is 473 g/mol. The van der Waals surface area contributed by atoms with Gasteiger partial charge in [-0.15, -0.1) is 11.3 Å². The fraction of sp³-hybridized carbons (Fsp3) is 0.391. The van der Waals surface area contributed by atoms with Crippen LogP contribution in [0.4, 0.5) is 0 Å². The van der Waals surface area contributed by atoms with Crippen molar-refractivity contribution in [1.29, 1.82) is 0 Å². The lowest BCUT2D eigenvalue weighted by Crippen LogP contribution is -2.40. The molecule has 9 heteroatoms. The summed E-state index contributed by atoms with van der Waals surface area (Å²) in [4.78, 5) is 17.0. The van der Waals surface area contributed by atoms with E-state index in [9.17, 15) is 13.2 Å². The molecule has 1 aliphatic heterocycles. The number of sulfonamides is 1. The number of rotatable bonds is 6. The van der Waals surface area contributed by atoms with E-state index in [1.54, 1.807) is 13.0 Å². The maximum atomic E-state index is 13.4. The van der Waals surface area contributed by atoms with Crippen molar-refractivity contribution < 1.29 is 17.9 Å². The molecule has 0 spiro atoms. The van der Waals surface area contributed by atoms with Gasteiger partial charge in [0.1, 0.15) is 9.90 Å². The summed E-state index contributed by atoms with van der Waals surface area (Å²) in [7, 11) is -1.81. The van der Waals surface area contributed by atoms with Crippen LogP contribution in [0, 0.1) is 12.8 Å². The molecular formula is C23H27N3O4S2. The Labute approximate surface area is 192 Å². The zero-order valence-corrected chi connectivity index (χ0v) is 20.1. The molecule has 1 aliphatic rings. The number of carbonyl (C=O) groups is 1. The van der Waals surface area contributed by atoms with Crippen LogP contribution in [-0.2, 0) is 26.6 Å². The number of hydrogen-bond donors (Lipinski definition) is 0. The zero-order valence-electron chi connectivity index (χ0n) is 18.4. The Kier molecular flexibility index (Phi) is 6.50. The Balaban J connectivity index is 1.58. The normalized spacial score (nSPS) is 15.7. The van der Waals surface area contributed by atoms with Crippen molar-refractivity contribution in [2.45, 2.75) is 31.6 Å². The molecule has 0 atom stereocenters. The highest BCUT2D eigenvalue weighted by molar-refractivity contribution is 7.89. The Morgan fingerprint density at radius 1 is 1.22 bits per heavy atom. The van der Waals surface area contributed by atoms with E-state index in [1.807, 2.05) is 54.3 Å². The molecule has 0 bridgehead atoms. The van der Waals surface area contributed by atoms with Crippen LogP contribution < -0.4 is 0 Å². The summed E-state index contributed by atoms with van der Waals surface area (Å²) in [6.07, 6.45) is 0.952. The first-order valence-electron chi connectivity index (χ1n) is 10.7. The molecule has 3 aromatic rings. The van der Waals surface area contributed by atoms with Crippen molar-refractivity contribution in [1.82, 2.24) is 13.9 Å². The van der Waals surface area contributed by atoms with Gasteiger partial charge in [0.15, 0.2) is 0 Å². The second-order valence-electron chi connectivity index (χ2n) is 7.87. The lowest BCUT2D eigenvalue weighted by molar-refractivity contribution is -0.149. The van der Waals surface area contributed by atoms with Crippen LogP contribution >= 0.6 is 11.3 Å². The number of ether oxygens (including phenoxy) is 1. The fourth-order valence-electron chi connectivity index (χ4n) is 4.00. The van der Waals surface area contributed by atoms with Crippen LogP contribution in [0.2, 0.25) is 0 Å². The first kappa shape index (κ1) is 22.7. The highest BCUT2D eigenvalue weighted by Gasteiger charge is 2.34. The number of hydrogen-bond acceptors (Lipinski definition) is 6. The summed E-state index contributed by atoms with van der Waals surface area (Å²) >= 11 is 1.50. The van der Waals surface area contributed by atoms with Crippen LogP contribution in [0.25, 0.3) is 22.0 Å². The number of esters is 1. The van der Waals surface area contributed by atoms with Crippen molar-refractivity contribution in [3.63, 3.8) is 0 Å². The van der Waals surface area contributed by atoms with Gasteiger partial charge in [-0.25, -0.2) is 13.4 Å². The largest absolute Gasteiger partial charge is 0.466 e. The third-order valence-corrected chi connectivity index (χ3v) is 8.85. The van der Waals surface area contributed by atoms with E-state index in [-0.39, 0.29) is 11.9 Å². The Hall–Kier alpha value is -2.49. The van der Waals surface area contributed by atoms with Gasteiger partial charge in [0, 0.05) is 36.8 Å². The van der Waals surface area contributed by atoms with Crippen molar-refractivity contribution in [2.24, 2.45) is 13.0 Å². The van der Waals surface area contributed by atoms with Crippen LogP contribution in [-0.4, -0.2) is 47.9 Å². The van der Waals surface area contributed by atoms with Crippen molar-refractivity contribution in [3.8, 4) is 22.0 Å². The quantitative estimate of drug-likeness (QED) is 0.504. The first-order chi connectivity index (χ1) is 15.3. The molecule has 1 saturated heterocycles. The molecule has 7 nitrogen and oxygen atoms in total. The van der Waals surface area contributed by atoms with E-state index >= 15 is 0 Å². The van der Waals surface area contributed by atoms with Crippen molar-refractivity contribution in [2.75, 3.05) is 19.7 Å². The Morgan fingerprint density at radius 2 is 1.91 bits per heavy atom. The van der Waals surface area contributed by atoms with E-state index < -0.39 is 10.0 Å². The maximum absolute atomic E-state index is 13.4. The predicted octanol–water partition coefficient (Wildman–Crippen LogP) is 4.09. The number of piperidine rings is 1. The first-order valence-corrected chi connectivity index (χ1v) is 13.0. The fourth-order valence-corrected chi connectivity index (χ4v) is 6.62. The van der Waals surface area contributed by atoms with Gasteiger partial charge in [-0.05, 0) is 32.8 Å². The summed E-state index contributed by atoms with van der Waals surface area (Å²) in [5.41, 5.74) is 3.34. The molecule has 3 heterocycles. The molecule has 32 heavy (non-hydrogen) atoms. The van der Waals surface area contributed by atoms with Crippen LogP contribution in [0.5, 0.6) is 0 Å². The minimum absolute atomic E-state index is 0.235. The van der Waals surface area contributed by atoms with Gasteiger partial charge < -0.3 is 9.30 Å². The van der Waals surface area contributed by atoms with E-state index in [1.165, 1.54) is 15.6 Å². The summed E-state index contributed by atoms with van der Waals surface area (Å²) in [6, 6.07) is 11.6. The molecule has 2 aromatic heterocycles. The second-order valence-corrected chi connectivity index (χ2v) is 10.6. The highest BCUT2D eigenvalue weighted by atomic mass is 32.2. The maximum Gasteiger partial charge on any atom is 0.309 e. The summed E-state index contributed by atoms with van der Waals surface area (Å²) in [5.74, 6) is -0.471. The molecule has 0 radical (unpaired) electrons. The molecule has 0 unspecified atom stereocenters. The SMILES string of the molecule is CCOC(=O)C1CCN(S(=O)(=O)c2cc(-c3nc(-c4ccccc4)cs3)n(C)c2C)CC1. The molecule has 4 rings (SSSR count). The lowest BCUT2D eigenvalue weighted by Gasteiger charge is -2.30.